The molecular weight excluding hydrogens is 155 g/mol. The van der Waals surface area contributed by atoms with Gasteiger partial charge in [-0.05, 0) is 0 Å². The van der Waals surface area contributed by atoms with Crippen molar-refractivity contribution >= 4 is 47.9 Å². The molecule has 0 aliphatic heterocycles. The van der Waals surface area contributed by atoms with E-state index in [2.05, 4.69) is 0 Å². The summed E-state index contributed by atoms with van der Waals surface area (Å²) in [6, 6.07) is 0. The SMILES string of the molecule is Br.CC[C](=O)[Na]. The summed E-state index contributed by atoms with van der Waals surface area (Å²) in [6.07, 6.45) is 0.728. The molecule has 6 heavy (non-hydrogen) atoms. The Bertz CT molecular complexity index is 46.1. The maximum atomic E-state index is 9.87. The third-order valence-corrected chi connectivity index (χ3v) is 1.20. The molecule has 0 aliphatic carbocycles. The van der Waals surface area contributed by atoms with E-state index in [0.717, 1.165) is 34.4 Å². The van der Waals surface area contributed by atoms with Crippen LogP contribution in [0.25, 0.3) is 0 Å². The number of hydrogen-bond acceptors (Lipinski definition) is 1. The van der Waals surface area contributed by atoms with Crippen LogP contribution in [0, 0.1) is 0 Å². The van der Waals surface area contributed by atoms with E-state index in [1.54, 1.807) is 0 Å². The first-order chi connectivity index (χ1) is 2.27. The molecule has 0 bridgehead atoms. The van der Waals surface area contributed by atoms with Crippen LogP contribution in [0.1, 0.15) is 13.3 Å². The third-order valence-electron chi connectivity index (χ3n) is 0.498. The second-order valence-corrected chi connectivity index (χ2v) is 2.17. The topological polar surface area (TPSA) is 17.1 Å². The molecule has 0 atom stereocenters. The predicted octanol–water partition coefficient (Wildman–Crippen LogP) is 0.669. The summed E-state index contributed by atoms with van der Waals surface area (Å²) in [4.78, 5) is 9.87. The van der Waals surface area contributed by atoms with E-state index in [0.29, 0.717) is 3.03 Å². The Morgan fingerprint density at radius 2 is 2.00 bits per heavy atom. The molecule has 0 amide bonds. The molecule has 0 spiro atoms. The van der Waals surface area contributed by atoms with Gasteiger partial charge in [-0.1, -0.05) is 0 Å². The first-order valence-electron chi connectivity index (χ1n) is 1.76. The minimum absolute atomic E-state index is 0. The Hall–Kier alpha value is 1.15. The molecule has 0 aromatic carbocycles. The van der Waals surface area contributed by atoms with Crippen LogP contribution >= 0.6 is 17.0 Å². The van der Waals surface area contributed by atoms with Crippen LogP contribution in [0.2, 0.25) is 0 Å². The summed E-state index contributed by atoms with van der Waals surface area (Å²) < 4.78 is 0.394. The number of carbonyl (C=O) groups is 1. The predicted molar refractivity (Wildman–Crippen MR) is 31.4 cm³/mol. The number of rotatable bonds is 1. The molecule has 32 valence electrons. The van der Waals surface area contributed by atoms with Crippen molar-refractivity contribution in [3.8, 4) is 0 Å². The third kappa shape index (κ3) is 8.94. The Kier molecular flexibility index (Phi) is 10.5. The van der Waals surface area contributed by atoms with Gasteiger partial charge in [0.1, 0.15) is 0 Å². The standard InChI is InChI=1S/C3H5O.BrH.Na/c1-2-3-4;;/h2H2,1H3;1H;. The van der Waals surface area contributed by atoms with Gasteiger partial charge in [0.05, 0.1) is 0 Å². The molecule has 0 fully saturated rings. The van der Waals surface area contributed by atoms with Crippen LogP contribution in [-0.4, -0.2) is 31.0 Å². The van der Waals surface area contributed by atoms with Crippen LogP contribution < -0.4 is 0 Å². The fraction of sp³-hybridized carbons (Fsp3) is 0.667. The van der Waals surface area contributed by atoms with E-state index in [-0.39, 0.29) is 17.0 Å². The minimum atomic E-state index is 0. The van der Waals surface area contributed by atoms with E-state index in [4.69, 9.17) is 0 Å². The Balaban J connectivity index is 0. The average molecular weight is 161 g/mol. The van der Waals surface area contributed by atoms with E-state index in [1.165, 1.54) is 0 Å². The van der Waals surface area contributed by atoms with Gasteiger partial charge in [0.2, 0.25) is 0 Å². The Morgan fingerprint density at radius 3 is 2.00 bits per heavy atom. The van der Waals surface area contributed by atoms with E-state index < -0.39 is 0 Å². The van der Waals surface area contributed by atoms with Crippen molar-refractivity contribution in [2.45, 2.75) is 13.3 Å². The second-order valence-electron chi connectivity index (χ2n) is 1.06. The van der Waals surface area contributed by atoms with Gasteiger partial charge in [-0.25, -0.2) is 0 Å². The summed E-state index contributed by atoms with van der Waals surface area (Å²) in [5.41, 5.74) is 0. The van der Waals surface area contributed by atoms with Gasteiger partial charge >= 0.3 is 49.1 Å². The summed E-state index contributed by atoms with van der Waals surface area (Å²) >= 11 is 0.731. The maximum absolute atomic E-state index is 9.87. The zero-order valence-corrected chi connectivity index (χ0v) is 7.74. The molecule has 1 nitrogen and oxygen atoms in total. The quantitative estimate of drug-likeness (QED) is 0.516. The second kappa shape index (κ2) is 6.15. The van der Waals surface area contributed by atoms with E-state index in [9.17, 15) is 4.79 Å². The molecular formula is C3H6BrNaO. The van der Waals surface area contributed by atoms with Crippen molar-refractivity contribution in [1.82, 2.24) is 0 Å². The molecule has 0 saturated heterocycles. The zero-order chi connectivity index (χ0) is 4.28. The Labute approximate surface area is 65.7 Å². The van der Waals surface area contributed by atoms with Crippen LogP contribution in [0.3, 0.4) is 0 Å². The van der Waals surface area contributed by atoms with Gasteiger partial charge < -0.3 is 0 Å². The number of hydrogen-bond donors (Lipinski definition) is 0. The molecule has 0 aromatic rings. The molecule has 0 saturated carbocycles. The molecule has 0 radical (unpaired) electrons. The summed E-state index contributed by atoms with van der Waals surface area (Å²) in [5, 5.41) is 0. The molecule has 0 heterocycles. The van der Waals surface area contributed by atoms with E-state index in [1.807, 2.05) is 6.92 Å². The van der Waals surface area contributed by atoms with Crippen molar-refractivity contribution in [3.05, 3.63) is 0 Å². The van der Waals surface area contributed by atoms with Crippen LogP contribution in [0.5, 0.6) is 0 Å². The van der Waals surface area contributed by atoms with Crippen LogP contribution in [0.4, 0.5) is 0 Å². The van der Waals surface area contributed by atoms with Crippen molar-refractivity contribution in [3.63, 3.8) is 0 Å². The van der Waals surface area contributed by atoms with Crippen LogP contribution in [-0.2, 0) is 4.79 Å². The van der Waals surface area contributed by atoms with Crippen molar-refractivity contribution in [2.75, 3.05) is 0 Å². The summed E-state index contributed by atoms with van der Waals surface area (Å²) in [7, 11) is 0. The fourth-order valence-corrected chi connectivity index (χ4v) is 0. The van der Waals surface area contributed by atoms with Gasteiger partial charge in [0.15, 0.2) is 0 Å². The molecule has 3 heteroatoms. The zero-order valence-electron chi connectivity index (χ0n) is 4.02. The van der Waals surface area contributed by atoms with Crippen LogP contribution in [0.15, 0.2) is 0 Å². The average Bonchev–Trinajstić information content (AvgIpc) is 1.38. The van der Waals surface area contributed by atoms with Gasteiger partial charge in [0.25, 0.3) is 0 Å². The van der Waals surface area contributed by atoms with E-state index >= 15 is 0 Å². The molecule has 0 N–H and O–H groups in total. The normalized spacial score (nSPS) is 6.50. The molecule has 0 aliphatic rings. The van der Waals surface area contributed by atoms with Gasteiger partial charge in [-0.3, -0.25) is 0 Å². The van der Waals surface area contributed by atoms with Crippen molar-refractivity contribution < 1.29 is 4.79 Å². The number of halogens is 1. The molecule has 0 rings (SSSR count). The van der Waals surface area contributed by atoms with Gasteiger partial charge in [-0.2, -0.15) is 0 Å². The molecule has 0 unspecified atom stereocenters. The van der Waals surface area contributed by atoms with Crippen molar-refractivity contribution in [2.24, 2.45) is 0 Å². The summed E-state index contributed by atoms with van der Waals surface area (Å²) in [6.45, 7) is 1.88. The fourth-order valence-electron chi connectivity index (χ4n) is 0. The van der Waals surface area contributed by atoms with Gasteiger partial charge in [-0.15, -0.1) is 17.0 Å². The molecule has 0 aromatic heterocycles. The first-order valence-corrected chi connectivity index (χ1v) is 2.76. The van der Waals surface area contributed by atoms with Gasteiger partial charge in [0, 0.05) is 0 Å². The number of carbonyl (C=O) groups excluding carboxylic acids is 1. The summed E-state index contributed by atoms with van der Waals surface area (Å²) in [5.74, 6) is 0. The Morgan fingerprint density at radius 1 is 1.83 bits per heavy atom. The first kappa shape index (κ1) is 10.2. The van der Waals surface area contributed by atoms with Crippen molar-refractivity contribution in [1.29, 1.82) is 0 Å². The monoisotopic (exact) mass is 160 g/mol.